The SMILES string of the molecule is CC(C)c1nc(-c2ccc(F)c(CS(=O)(=O)c3ccccc3C(F)(F)F)c2)c(-c2ccnc(Nc3ccc(N4CCOCC4)nc3)n2)s1.O=C(O)C(F)(F)F. The Morgan fingerprint density at radius 3 is 2.29 bits per heavy atom. The van der Waals surface area contributed by atoms with Gasteiger partial charge in [0.05, 0.1) is 62.6 Å². The maximum atomic E-state index is 15.1. The van der Waals surface area contributed by atoms with Crippen LogP contribution in [0.5, 0.6) is 0 Å². The Hall–Kier alpha value is -5.21. The second-order valence-corrected chi connectivity index (χ2v) is 15.1. The van der Waals surface area contributed by atoms with Crippen LogP contribution < -0.4 is 10.2 Å². The lowest BCUT2D eigenvalue weighted by Gasteiger charge is -2.27. The molecule has 20 heteroatoms. The average molecular weight is 813 g/mol. The largest absolute Gasteiger partial charge is 0.490 e. The lowest BCUT2D eigenvalue weighted by molar-refractivity contribution is -0.192. The Morgan fingerprint density at radius 2 is 1.67 bits per heavy atom. The van der Waals surface area contributed by atoms with Crippen molar-refractivity contribution in [2.45, 2.75) is 42.8 Å². The van der Waals surface area contributed by atoms with Crippen LogP contribution in [0.2, 0.25) is 0 Å². The van der Waals surface area contributed by atoms with Gasteiger partial charge in [0, 0.05) is 36.3 Å². The number of ether oxygens (including phenoxy) is 1. The van der Waals surface area contributed by atoms with Crippen LogP contribution in [0.15, 0.2) is 78.0 Å². The third kappa shape index (κ3) is 10.3. The molecule has 292 valence electrons. The average Bonchev–Trinajstić information content (AvgIpc) is 3.59. The molecular weight excluding hydrogens is 782 g/mol. The van der Waals surface area contributed by atoms with Crippen molar-refractivity contribution in [3.05, 3.63) is 95.0 Å². The number of sulfone groups is 1. The van der Waals surface area contributed by atoms with E-state index < -0.39 is 50.2 Å². The van der Waals surface area contributed by atoms with E-state index in [0.717, 1.165) is 42.1 Å². The molecule has 0 radical (unpaired) electrons. The number of anilines is 3. The van der Waals surface area contributed by atoms with Crippen molar-refractivity contribution in [2.75, 3.05) is 36.5 Å². The summed E-state index contributed by atoms with van der Waals surface area (Å²) in [5.74, 6) is -3.44. The van der Waals surface area contributed by atoms with Crippen LogP contribution in [0.25, 0.3) is 21.8 Å². The molecule has 0 bridgehead atoms. The van der Waals surface area contributed by atoms with Gasteiger partial charge in [-0.2, -0.15) is 26.3 Å². The number of rotatable bonds is 9. The van der Waals surface area contributed by atoms with E-state index >= 15 is 4.39 Å². The summed E-state index contributed by atoms with van der Waals surface area (Å²) >= 11 is 1.38. The molecule has 0 amide bonds. The number of carboxylic acids is 1. The van der Waals surface area contributed by atoms with E-state index in [0.29, 0.717) is 52.7 Å². The van der Waals surface area contributed by atoms with Crippen molar-refractivity contribution in [3.63, 3.8) is 0 Å². The van der Waals surface area contributed by atoms with Crippen LogP contribution >= 0.6 is 11.3 Å². The Bertz CT molecular complexity index is 2240. The minimum atomic E-state index is -5.08. The van der Waals surface area contributed by atoms with Crippen LogP contribution in [0.1, 0.15) is 35.9 Å². The number of thiazole rings is 1. The van der Waals surface area contributed by atoms with Gasteiger partial charge in [-0.05, 0) is 48.5 Å². The van der Waals surface area contributed by atoms with Crippen molar-refractivity contribution in [3.8, 4) is 21.8 Å². The number of aliphatic carboxylic acids is 1. The van der Waals surface area contributed by atoms with Gasteiger partial charge in [0.25, 0.3) is 0 Å². The van der Waals surface area contributed by atoms with Crippen LogP contribution in [0, 0.1) is 5.82 Å². The number of hydrogen-bond donors (Lipinski definition) is 2. The zero-order valence-corrected chi connectivity index (χ0v) is 30.5. The third-order valence-electron chi connectivity index (χ3n) is 7.80. The smallest absolute Gasteiger partial charge is 0.475 e. The van der Waals surface area contributed by atoms with E-state index in [-0.39, 0.29) is 11.5 Å². The summed E-state index contributed by atoms with van der Waals surface area (Å²) in [6, 6.07) is 13.2. The van der Waals surface area contributed by atoms with Crippen LogP contribution in [0.3, 0.4) is 0 Å². The lowest BCUT2D eigenvalue weighted by Crippen LogP contribution is -2.36. The van der Waals surface area contributed by atoms with E-state index in [2.05, 4.69) is 20.2 Å². The minimum Gasteiger partial charge on any atom is -0.475 e. The van der Waals surface area contributed by atoms with Gasteiger partial charge >= 0.3 is 18.3 Å². The molecule has 1 fully saturated rings. The molecule has 0 unspecified atom stereocenters. The number of carboxylic acid groups (broad SMARTS) is 1. The molecule has 3 aromatic heterocycles. The van der Waals surface area contributed by atoms with Gasteiger partial charge in [-0.3, -0.25) is 0 Å². The minimum absolute atomic E-state index is 0.0251. The van der Waals surface area contributed by atoms with Crippen molar-refractivity contribution in [1.29, 1.82) is 0 Å². The second-order valence-electron chi connectivity index (χ2n) is 12.1. The Morgan fingerprint density at radius 1 is 0.982 bits per heavy atom. The van der Waals surface area contributed by atoms with Crippen molar-refractivity contribution < 1.29 is 53.8 Å². The third-order valence-corrected chi connectivity index (χ3v) is 10.9. The summed E-state index contributed by atoms with van der Waals surface area (Å²) in [5.41, 5.74) is 0.420. The molecule has 2 N–H and O–H groups in total. The highest BCUT2D eigenvalue weighted by Gasteiger charge is 2.38. The van der Waals surface area contributed by atoms with E-state index in [9.17, 15) is 34.8 Å². The van der Waals surface area contributed by atoms with Gasteiger partial charge in [0.2, 0.25) is 5.95 Å². The predicted octanol–water partition coefficient (Wildman–Crippen LogP) is 8.13. The molecule has 6 rings (SSSR count). The normalized spacial score (nSPS) is 13.7. The number of benzene rings is 2. The standard InChI is InChI=1S/C33H30F4N6O3S2.C2HF3O2/c1-20(2)31-42-29(21-7-9-25(34)22(17-21)19-48(44,45)27-6-4-3-5-24(27)33(35,36)37)30(47-31)26-11-12-38-32(41-26)40-23-8-10-28(39-18-23)43-13-15-46-16-14-43;3-2(4,5)1(6)7/h3-12,17-18,20H,13-16,19H2,1-2H3,(H,38,40,41);(H,6,7). The zero-order valence-electron chi connectivity index (χ0n) is 28.8. The fourth-order valence-corrected chi connectivity index (χ4v) is 7.81. The number of pyridine rings is 1. The molecule has 4 heterocycles. The summed E-state index contributed by atoms with van der Waals surface area (Å²) in [6.45, 7) is 6.75. The summed E-state index contributed by atoms with van der Waals surface area (Å²) < 4.78 is 120. The van der Waals surface area contributed by atoms with Gasteiger partial charge in [0.15, 0.2) is 9.84 Å². The van der Waals surface area contributed by atoms with Crippen LogP contribution in [-0.2, 0) is 31.3 Å². The lowest BCUT2D eigenvalue weighted by atomic mass is 10.1. The second kappa shape index (κ2) is 16.7. The Labute approximate surface area is 313 Å². The molecule has 1 saturated heterocycles. The number of nitrogens with zero attached hydrogens (tertiary/aromatic N) is 5. The van der Waals surface area contributed by atoms with Crippen LogP contribution in [0.4, 0.5) is 48.2 Å². The number of alkyl halides is 6. The summed E-state index contributed by atoms with van der Waals surface area (Å²) in [5, 5.41) is 11.0. The topological polar surface area (TPSA) is 148 Å². The van der Waals surface area contributed by atoms with Gasteiger partial charge in [-0.25, -0.2) is 37.5 Å². The number of halogens is 7. The monoisotopic (exact) mass is 812 g/mol. The van der Waals surface area contributed by atoms with Gasteiger partial charge in [-0.1, -0.05) is 26.0 Å². The molecule has 0 atom stereocenters. The Kier molecular flexibility index (Phi) is 12.4. The molecule has 11 nitrogen and oxygen atoms in total. The highest BCUT2D eigenvalue weighted by atomic mass is 32.2. The van der Waals surface area contributed by atoms with E-state index in [1.807, 2.05) is 26.0 Å². The molecule has 5 aromatic rings. The summed E-state index contributed by atoms with van der Waals surface area (Å²) in [6.07, 6.45) is -6.71. The number of aromatic nitrogens is 4. The first-order valence-corrected chi connectivity index (χ1v) is 18.7. The zero-order chi connectivity index (χ0) is 40.1. The van der Waals surface area contributed by atoms with Gasteiger partial charge in [-0.15, -0.1) is 11.3 Å². The fraction of sp³-hybridized carbons (Fsp3) is 0.286. The van der Waals surface area contributed by atoms with Crippen molar-refractivity contribution >= 4 is 44.6 Å². The quantitative estimate of drug-likeness (QED) is 0.139. The first-order chi connectivity index (χ1) is 25.8. The number of hydrogen-bond acceptors (Lipinski definition) is 11. The highest BCUT2D eigenvalue weighted by Crippen LogP contribution is 2.40. The van der Waals surface area contributed by atoms with Gasteiger partial charge < -0.3 is 20.1 Å². The molecule has 1 aliphatic heterocycles. The summed E-state index contributed by atoms with van der Waals surface area (Å²) in [7, 11) is -4.58. The number of nitrogens with one attached hydrogen (secondary N) is 1. The molecule has 1 aliphatic rings. The highest BCUT2D eigenvalue weighted by molar-refractivity contribution is 7.90. The molecule has 0 saturated carbocycles. The van der Waals surface area contributed by atoms with Crippen LogP contribution in [-0.4, -0.2) is 71.9 Å². The van der Waals surface area contributed by atoms with E-state index in [1.54, 1.807) is 18.5 Å². The maximum absolute atomic E-state index is 15.1. The predicted molar refractivity (Wildman–Crippen MR) is 189 cm³/mol. The molecule has 2 aromatic carbocycles. The molecule has 0 aliphatic carbocycles. The van der Waals surface area contributed by atoms with E-state index in [1.165, 1.54) is 29.5 Å². The fourth-order valence-electron chi connectivity index (χ4n) is 5.15. The molecular formula is C35H31F7N6O5S2. The molecule has 55 heavy (non-hydrogen) atoms. The first-order valence-electron chi connectivity index (χ1n) is 16.2. The van der Waals surface area contributed by atoms with Gasteiger partial charge in [0.1, 0.15) is 11.6 Å². The number of carbonyl (C=O) groups is 1. The van der Waals surface area contributed by atoms with E-state index in [4.69, 9.17) is 24.6 Å². The first kappa shape index (κ1) is 41.0. The Balaban J connectivity index is 0.000000757. The maximum Gasteiger partial charge on any atom is 0.490 e. The van der Waals surface area contributed by atoms with Crippen molar-refractivity contribution in [2.24, 2.45) is 0 Å². The van der Waals surface area contributed by atoms with Crippen molar-refractivity contribution in [1.82, 2.24) is 19.9 Å². The summed E-state index contributed by atoms with van der Waals surface area (Å²) in [4.78, 5) is 29.1. The number of morpholine rings is 1. The molecule has 0 spiro atoms.